The van der Waals surface area contributed by atoms with Gasteiger partial charge in [0.15, 0.2) is 11.5 Å². The molecule has 0 spiro atoms. The van der Waals surface area contributed by atoms with Gasteiger partial charge in [-0.2, -0.15) is 4.98 Å². The molecule has 1 heterocycles. The van der Waals surface area contributed by atoms with Crippen LogP contribution in [0.15, 0.2) is 47.0 Å². The monoisotopic (exact) mass is 359 g/mol. The molecule has 25 heavy (non-hydrogen) atoms. The van der Waals surface area contributed by atoms with Crippen LogP contribution in [-0.4, -0.2) is 30.9 Å². The molecule has 0 aliphatic carbocycles. The zero-order valence-electron chi connectivity index (χ0n) is 14.0. The lowest BCUT2D eigenvalue weighted by Crippen LogP contribution is -2.05. The van der Waals surface area contributed by atoms with Gasteiger partial charge in [-0.1, -0.05) is 35.0 Å². The van der Waals surface area contributed by atoms with Gasteiger partial charge in [-0.25, -0.2) is 0 Å². The minimum atomic E-state index is 0.355. The zero-order chi connectivity index (χ0) is 17.6. The van der Waals surface area contributed by atoms with E-state index in [1.54, 1.807) is 14.2 Å². The topological polar surface area (TPSA) is 69.4 Å². The molecular formula is C18H18ClN3O3. The summed E-state index contributed by atoms with van der Waals surface area (Å²) in [6, 6.07) is 13.6. The molecule has 0 bridgehead atoms. The summed E-state index contributed by atoms with van der Waals surface area (Å²) >= 11 is 5.88. The summed E-state index contributed by atoms with van der Waals surface area (Å²) in [6.45, 7) is 0.665. The molecule has 1 N–H and O–H groups in total. The van der Waals surface area contributed by atoms with Gasteiger partial charge in [-0.15, -0.1) is 0 Å². The third-order valence-corrected chi connectivity index (χ3v) is 3.93. The highest BCUT2D eigenvalue weighted by atomic mass is 35.5. The Morgan fingerprint density at radius 3 is 2.60 bits per heavy atom. The van der Waals surface area contributed by atoms with Gasteiger partial charge in [0.2, 0.25) is 5.82 Å². The van der Waals surface area contributed by atoms with Crippen LogP contribution >= 0.6 is 11.6 Å². The fourth-order valence-electron chi connectivity index (χ4n) is 2.43. The summed E-state index contributed by atoms with van der Waals surface area (Å²) in [5, 5.41) is 7.85. The summed E-state index contributed by atoms with van der Waals surface area (Å²) in [4.78, 5) is 4.36. The first-order valence-electron chi connectivity index (χ1n) is 7.74. The van der Waals surface area contributed by atoms with Gasteiger partial charge in [0.05, 0.1) is 19.8 Å². The van der Waals surface area contributed by atoms with Crippen LogP contribution in [0.1, 0.15) is 5.56 Å². The lowest BCUT2D eigenvalue weighted by atomic mass is 10.1. The molecule has 0 amide bonds. The third kappa shape index (κ3) is 4.03. The number of ether oxygens (including phenoxy) is 2. The van der Waals surface area contributed by atoms with Crippen LogP contribution in [-0.2, 0) is 6.42 Å². The quantitative estimate of drug-likeness (QED) is 0.686. The Hall–Kier alpha value is -2.73. The Kier molecular flexibility index (Phi) is 5.40. The number of halogens is 1. The van der Waals surface area contributed by atoms with Crippen LogP contribution in [0, 0.1) is 0 Å². The molecule has 0 radical (unpaired) electrons. The number of anilines is 1. The van der Waals surface area contributed by atoms with Gasteiger partial charge in [-0.3, -0.25) is 0 Å². The average Bonchev–Trinajstić information content (AvgIpc) is 3.11. The third-order valence-electron chi connectivity index (χ3n) is 3.67. The number of hydrogen-bond donors (Lipinski definition) is 1. The van der Waals surface area contributed by atoms with E-state index in [4.69, 9.17) is 25.6 Å². The molecule has 3 rings (SSSR count). The molecular weight excluding hydrogens is 342 g/mol. The number of hydrogen-bond acceptors (Lipinski definition) is 6. The van der Waals surface area contributed by atoms with Crippen molar-refractivity contribution in [1.82, 2.24) is 10.1 Å². The van der Waals surface area contributed by atoms with E-state index in [0.29, 0.717) is 35.4 Å². The largest absolute Gasteiger partial charge is 0.493 e. The molecule has 0 aliphatic heterocycles. The predicted octanol–water partition coefficient (Wildman–Crippen LogP) is 4.06. The van der Waals surface area contributed by atoms with E-state index in [1.165, 1.54) is 5.56 Å². The summed E-state index contributed by atoms with van der Waals surface area (Å²) in [5.74, 6) is 1.62. The van der Waals surface area contributed by atoms with E-state index >= 15 is 0 Å². The molecule has 2 aromatic carbocycles. The van der Waals surface area contributed by atoms with Gasteiger partial charge < -0.3 is 19.3 Å². The van der Waals surface area contributed by atoms with Crippen LogP contribution in [0.25, 0.3) is 11.4 Å². The van der Waals surface area contributed by atoms with Crippen molar-refractivity contribution in [3.8, 4) is 22.9 Å². The van der Waals surface area contributed by atoms with E-state index in [2.05, 4.69) is 15.5 Å². The molecule has 1 aromatic heterocycles. The Morgan fingerprint density at radius 1 is 1.08 bits per heavy atom. The van der Waals surface area contributed by atoms with Crippen LogP contribution in [0.2, 0.25) is 5.02 Å². The number of aromatic nitrogens is 2. The van der Waals surface area contributed by atoms with Gasteiger partial charge in [0.1, 0.15) is 0 Å². The van der Waals surface area contributed by atoms with Crippen LogP contribution in [0.4, 0.5) is 6.01 Å². The summed E-state index contributed by atoms with van der Waals surface area (Å²) in [5.41, 5.74) is 1.88. The normalized spacial score (nSPS) is 10.5. The molecule has 0 saturated heterocycles. The van der Waals surface area contributed by atoms with E-state index in [1.807, 2.05) is 42.5 Å². The van der Waals surface area contributed by atoms with E-state index in [9.17, 15) is 0 Å². The predicted molar refractivity (Wildman–Crippen MR) is 96.5 cm³/mol. The second-order valence-corrected chi connectivity index (χ2v) is 5.70. The lowest BCUT2D eigenvalue weighted by Gasteiger charge is -2.09. The standard InChI is InChI=1S/C18H18ClN3O3/c1-23-15-5-3-4-14(16(15)24-2)17-21-18(25-22-17)20-11-10-12-6-8-13(19)9-7-12/h3-9H,10-11H2,1-2H3,(H,20,21,22). The van der Waals surface area contributed by atoms with Crippen LogP contribution in [0.3, 0.4) is 0 Å². The zero-order valence-corrected chi connectivity index (χ0v) is 14.7. The van der Waals surface area contributed by atoms with Crippen molar-refractivity contribution in [1.29, 1.82) is 0 Å². The fraction of sp³-hybridized carbons (Fsp3) is 0.222. The fourth-order valence-corrected chi connectivity index (χ4v) is 2.56. The smallest absolute Gasteiger partial charge is 0.321 e. The molecule has 0 fully saturated rings. The maximum absolute atomic E-state index is 5.88. The molecule has 0 atom stereocenters. The highest BCUT2D eigenvalue weighted by molar-refractivity contribution is 6.30. The highest BCUT2D eigenvalue weighted by Crippen LogP contribution is 2.36. The van der Waals surface area contributed by atoms with Crippen molar-refractivity contribution >= 4 is 17.6 Å². The van der Waals surface area contributed by atoms with Crippen molar-refractivity contribution in [2.75, 3.05) is 26.1 Å². The number of nitrogens with one attached hydrogen (secondary N) is 1. The molecule has 7 heteroatoms. The summed E-state index contributed by atoms with van der Waals surface area (Å²) < 4.78 is 16.0. The summed E-state index contributed by atoms with van der Waals surface area (Å²) in [6.07, 6.45) is 0.817. The molecule has 0 saturated carbocycles. The Morgan fingerprint density at radius 2 is 1.88 bits per heavy atom. The number of para-hydroxylation sites is 1. The lowest BCUT2D eigenvalue weighted by molar-refractivity contribution is 0.355. The van der Waals surface area contributed by atoms with E-state index in [0.717, 1.165) is 11.4 Å². The van der Waals surface area contributed by atoms with Gasteiger partial charge in [0.25, 0.3) is 0 Å². The van der Waals surface area contributed by atoms with Crippen LogP contribution in [0.5, 0.6) is 11.5 Å². The number of methoxy groups -OCH3 is 2. The Bertz CT molecular complexity index is 834. The highest BCUT2D eigenvalue weighted by Gasteiger charge is 2.16. The maximum atomic E-state index is 5.88. The van der Waals surface area contributed by atoms with Crippen molar-refractivity contribution in [3.63, 3.8) is 0 Å². The molecule has 130 valence electrons. The second-order valence-electron chi connectivity index (χ2n) is 5.27. The first-order chi connectivity index (χ1) is 12.2. The van der Waals surface area contributed by atoms with Gasteiger partial charge >= 0.3 is 6.01 Å². The molecule has 6 nitrogen and oxygen atoms in total. The maximum Gasteiger partial charge on any atom is 0.321 e. The van der Waals surface area contributed by atoms with E-state index in [-0.39, 0.29) is 0 Å². The first-order valence-corrected chi connectivity index (χ1v) is 8.12. The molecule has 3 aromatic rings. The van der Waals surface area contributed by atoms with Crippen LogP contribution < -0.4 is 14.8 Å². The van der Waals surface area contributed by atoms with Crippen molar-refractivity contribution in [2.45, 2.75) is 6.42 Å². The Labute approximate surface area is 150 Å². The molecule has 0 unspecified atom stereocenters. The number of benzene rings is 2. The minimum absolute atomic E-state index is 0.355. The number of rotatable bonds is 7. The Balaban J connectivity index is 1.67. The number of nitrogens with zero attached hydrogens (tertiary/aromatic N) is 2. The summed E-state index contributed by atoms with van der Waals surface area (Å²) in [7, 11) is 3.16. The average molecular weight is 360 g/mol. The van der Waals surface area contributed by atoms with Crippen molar-refractivity contribution in [3.05, 3.63) is 53.1 Å². The first kappa shape index (κ1) is 17.1. The molecule has 0 aliphatic rings. The second kappa shape index (κ2) is 7.90. The van der Waals surface area contributed by atoms with Crippen molar-refractivity contribution in [2.24, 2.45) is 0 Å². The van der Waals surface area contributed by atoms with Gasteiger partial charge in [0, 0.05) is 11.6 Å². The van der Waals surface area contributed by atoms with Crippen molar-refractivity contribution < 1.29 is 14.0 Å². The minimum Gasteiger partial charge on any atom is -0.493 e. The van der Waals surface area contributed by atoms with E-state index < -0.39 is 0 Å². The van der Waals surface area contributed by atoms with Gasteiger partial charge in [-0.05, 0) is 36.2 Å². The SMILES string of the molecule is COc1cccc(-c2noc(NCCc3ccc(Cl)cc3)n2)c1OC.